The summed E-state index contributed by atoms with van der Waals surface area (Å²) in [5.41, 5.74) is 2.49. The predicted octanol–water partition coefficient (Wildman–Crippen LogP) is 3.98. The Balaban J connectivity index is 2.72. The molecule has 0 saturated heterocycles. The summed E-state index contributed by atoms with van der Waals surface area (Å²) < 4.78 is 12.7. The van der Waals surface area contributed by atoms with Gasteiger partial charge in [0, 0.05) is 22.6 Å². The standard InChI is InChI=1S/C10H10Br2O2S/c1-13-9-5-3-15-4-6(5)10(14-2)8(12)7(9)11/h3-4H2,1-2H3. The second-order valence-electron chi connectivity index (χ2n) is 3.14. The lowest BCUT2D eigenvalue weighted by molar-refractivity contribution is 0.393. The number of fused-ring (bicyclic) bond motifs is 1. The number of methoxy groups -OCH3 is 2. The van der Waals surface area contributed by atoms with Crippen LogP contribution in [-0.2, 0) is 11.5 Å². The fourth-order valence-corrected chi connectivity index (χ4v) is 4.01. The van der Waals surface area contributed by atoms with E-state index in [9.17, 15) is 0 Å². The number of hydrogen-bond donors (Lipinski definition) is 0. The van der Waals surface area contributed by atoms with Crippen molar-refractivity contribution in [1.82, 2.24) is 0 Å². The molecule has 1 aliphatic heterocycles. The zero-order valence-corrected chi connectivity index (χ0v) is 12.4. The van der Waals surface area contributed by atoms with Crippen LogP contribution in [0.1, 0.15) is 11.1 Å². The van der Waals surface area contributed by atoms with Crippen LogP contribution < -0.4 is 9.47 Å². The molecule has 1 aromatic rings. The van der Waals surface area contributed by atoms with E-state index in [2.05, 4.69) is 31.9 Å². The van der Waals surface area contributed by atoms with Crippen LogP contribution in [0.15, 0.2) is 8.95 Å². The van der Waals surface area contributed by atoms with Crippen molar-refractivity contribution in [2.45, 2.75) is 11.5 Å². The highest BCUT2D eigenvalue weighted by molar-refractivity contribution is 9.13. The lowest BCUT2D eigenvalue weighted by Crippen LogP contribution is -1.98. The maximum atomic E-state index is 5.42. The van der Waals surface area contributed by atoms with Gasteiger partial charge in [0.25, 0.3) is 0 Å². The van der Waals surface area contributed by atoms with Crippen LogP contribution in [0.3, 0.4) is 0 Å². The highest BCUT2D eigenvalue weighted by Crippen LogP contribution is 2.50. The predicted molar refractivity (Wildman–Crippen MR) is 69.9 cm³/mol. The smallest absolute Gasteiger partial charge is 0.138 e. The molecule has 0 saturated carbocycles. The van der Waals surface area contributed by atoms with Crippen molar-refractivity contribution in [3.05, 3.63) is 20.1 Å². The summed E-state index contributed by atoms with van der Waals surface area (Å²) in [6.07, 6.45) is 0. The molecule has 82 valence electrons. The summed E-state index contributed by atoms with van der Waals surface area (Å²) in [4.78, 5) is 0. The number of rotatable bonds is 2. The maximum Gasteiger partial charge on any atom is 0.138 e. The topological polar surface area (TPSA) is 18.5 Å². The van der Waals surface area contributed by atoms with Gasteiger partial charge in [0.2, 0.25) is 0 Å². The zero-order chi connectivity index (χ0) is 11.0. The van der Waals surface area contributed by atoms with Gasteiger partial charge < -0.3 is 9.47 Å². The average Bonchev–Trinajstić information content (AvgIpc) is 2.69. The fourth-order valence-electron chi connectivity index (χ4n) is 1.72. The van der Waals surface area contributed by atoms with Gasteiger partial charge in [-0.05, 0) is 31.9 Å². The summed E-state index contributed by atoms with van der Waals surface area (Å²) >= 11 is 8.93. The molecular weight excluding hydrogens is 344 g/mol. The van der Waals surface area contributed by atoms with Crippen LogP contribution in [0.2, 0.25) is 0 Å². The van der Waals surface area contributed by atoms with Crippen LogP contribution in [0.4, 0.5) is 0 Å². The first-order chi connectivity index (χ1) is 7.20. The normalized spacial score (nSPS) is 13.9. The van der Waals surface area contributed by atoms with Crippen LogP contribution in [-0.4, -0.2) is 14.2 Å². The van der Waals surface area contributed by atoms with Gasteiger partial charge >= 0.3 is 0 Å². The van der Waals surface area contributed by atoms with E-state index in [4.69, 9.17) is 9.47 Å². The Morgan fingerprint density at radius 2 is 1.33 bits per heavy atom. The van der Waals surface area contributed by atoms with E-state index in [0.29, 0.717) is 0 Å². The number of ether oxygens (including phenoxy) is 2. The van der Waals surface area contributed by atoms with E-state index in [1.807, 2.05) is 11.8 Å². The summed E-state index contributed by atoms with van der Waals surface area (Å²) in [6.45, 7) is 0. The SMILES string of the molecule is COc1c(Br)c(Br)c(OC)c2c1CSC2. The van der Waals surface area contributed by atoms with Crippen molar-refractivity contribution in [3.63, 3.8) is 0 Å². The van der Waals surface area contributed by atoms with Crippen LogP contribution in [0, 0.1) is 0 Å². The molecule has 0 unspecified atom stereocenters. The highest BCUT2D eigenvalue weighted by Gasteiger charge is 2.26. The van der Waals surface area contributed by atoms with E-state index < -0.39 is 0 Å². The number of halogens is 2. The lowest BCUT2D eigenvalue weighted by atomic mass is 10.1. The Kier molecular flexibility index (Phi) is 3.52. The van der Waals surface area contributed by atoms with E-state index >= 15 is 0 Å². The van der Waals surface area contributed by atoms with Crippen LogP contribution in [0.5, 0.6) is 11.5 Å². The molecule has 15 heavy (non-hydrogen) atoms. The van der Waals surface area contributed by atoms with E-state index in [0.717, 1.165) is 32.0 Å². The molecule has 0 atom stereocenters. The molecule has 1 heterocycles. The molecule has 0 aromatic heterocycles. The third-order valence-electron chi connectivity index (χ3n) is 2.40. The van der Waals surface area contributed by atoms with E-state index in [1.165, 1.54) is 11.1 Å². The Morgan fingerprint density at radius 1 is 0.933 bits per heavy atom. The summed E-state index contributed by atoms with van der Waals surface area (Å²) in [5.74, 6) is 3.81. The Bertz CT molecular complexity index is 370. The molecular formula is C10H10Br2O2S. The van der Waals surface area contributed by atoms with Gasteiger partial charge in [-0.2, -0.15) is 11.8 Å². The second-order valence-corrected chi connectivity index (χ2v) is 5.72. The van der Waals surface area contributed by atoms with Crippen LogP contribution in [0.25, 0.3) is 0 Å². The first-order valence-electron chi connectivity index (χ1n) is 4.39. The van der Waals surface area contributed by atoms with Gasteiger partial charge in [-0.3, -0.25) is 0 Å². The third kappa shape index (κ3) is 1.78. The Morgan fingerprint density at radius 3 is 1.67 bits per heavy atom. The van der Waals surface area contributed by atoms with Gasteiger partial charge in [-0.1, -0.05) is 0 Å². The number of thioether (sulfide) groups is 1. The number of hydrogen-bond acceptors (Lipinski definition) is 3. The third-order valence-corrected chi connectivity index (χ3v) is 5.44. The molecule has 0 fully saturated rings. The molecule has 0 radical (unpaired) electrons. The van der Waals surface area contributed by atoms with Gasteiger partial charge in [0.05, 0.1) is 23.2 Å². The minimum Gasteiger partial charge on any atom is -0.495 e. The van der Waals surface area contributed by atoms with E-state index in [-0.39, 0.29) is 0 Å². The fraction of sp³-hybridized carbons (Fsp3) is 0.400. The summed E-state index contributed by atoms with van der Waals surface area (Å²) in [7, 11) is 3.39. The molecule has 0 spiro atoms. The average molecular weight is 354 g/mol. The Hall–Kier alpha value is 0.130. The molecule has 0 bridgehead atoms. The molecule has 0 amide bonds. The second kappa shape index (κ2) is 4.55. The molecule has 1 aliphatic rings. The van der Waals surface area contributed by atoms with Crippen molar-refractivity contribution in [2.75, 3.05) is 14.2 Å². The lowest BCUT2D eigenvalue weighted by Gasteiger charge is -2.15. The van der Waals surface area contributed by atoms with Crippen LogP contribution >= 0.6 is 43.6 Å². The maximum absolute atomic E-state index is 5.42. The van der Waals surface area contributed by atoms with Crippen molar-refractivity contribution < 1.29 is 9.47 Å². The molecule has 0 aliphatic carbocycles. The van der Waals surface area contributed by atoms with Crippen molar-refractivity contribution in [3.8, 4) is 11.5 Å². The first-order valence-corrected chi connectivity index (χ1v) is 7.13. The summed E-state index contributed by atoms with van der Waals surface area (Å²) in [5, 5.41) is 0. The van der Waals surface area contributed by atoms with Gasteiger partial charge in [0.1, 0.15) is 11.5 Å². The quantitative estimate of drug-likeness (QED) is 0.801. The van der Waals surface area contributed by atoms with Gasteiger partial charge in [0.15, 0.2) is 0 Å². The highest BCUT2D eigenvalue weighted by atomic mass is 79.9. The minimum atomic E-state index is 0.919. The monoisotopic (exact) mass is 352 g/mol. The Labute approximate surface area is 110 Å². The van der Waals surface area contributed by atoms with E-state index in [1.54, 1.807) is 14.2 Å². The molecule has 1 aromatic carbocycles. The van der Waals surface area contributed by atoms with Crippen molar-refractivity contribution >= 4 is 43.6 Å². The molecule has 2 nitrogen and oxygen atoms in total. The molecule has 2 rings (SSSR count). The minimum absolute atomic E-state index is 0.919. The first kappa shape index (κ1) is 11.6. The van der Waals surface area contributed by atoms with Gasteiger partial charge in [-0.15, -0.1) is 0 Å². The summed E-state index contributed by atoms with van der Waals surface area (Å²) in [6, 6.07) is 0. The van der Waals surface area contributed by atoms with Crippen molar-refractivity contribution in [2.24, 2.45) is 0 Å². The molecule has 0 N–H and O–H groups in total. The van der Waals surface area contributed by atoms with Crippen molar-refractivity contribution in [1.29, 1.82) is 0 Å². The zero-order valence-electron chi connectivity index (χ0n) is 8.39. The number of benzene rings is 1. The largest absolute Gasteiger partial charge is 0.495 e. The molecule has 5 heteroatoms. The van der Waals surface area contributed by atoms with Gasteiger partial charge in [-0.25, -0.2) is 0 Å².